The van der Waals surface area contributed by atoms with Gasteiger partial charge in [0, 0.05) is 24.8 Å². The summed E-state index contributed by atoms with van der Waals surface area (Å²) in [5, 5.41) is 4.96. The number of sulfonamides is 1. The molecule has 2 fully saturated rings. The third kappa shape index (κ3) is 4.32. The fourth-order valence-electron chi connectivity index (χ4n) is 3.94. The van der Waals surface area contributed by atoms with Gasteiger partial charge in [-0.2, -0.15) is 13.2 Å². The Morgan fingerprint density at radius 1 is 1.04 bits per heavy atom. The molecular weight excluding hydrogens is 367 g/mol. The Morgan fingerprint density at radius 3 is 2.31 bits per heavy atom. The van der Waals surface area contributed by atoms with Gasteiger partial charge in [-0.25, -0.2) is 13.6 Å². The van der Waals surface area contributed by atoms with Gasteiger partial charge in [0.2, 0.25) is 10.0 Å². The zero-order chi connectivity index (χ0) is 18.9. The van der Waals surface area contributed by atoms with Gasteiger partial charge in [0.25, 0.3) is 0 Å². The van der Waals surface area contributed by atoms with Crippen LogP contribution in [0, 0.1) is 0 Å². The summed E-state index contributed by atoms with van der Waals surface area (Å²) in [6.07, 6.45) is 0.535. The van der Waals surface area contributed by atoms with Gasteiger partial charge in [-0.05, 0) is 57.0 Å². The predicted molar refractivity (Wildman–Crippen MR) is 93.5 cm³/mol. The summed E-state index contributed by atoms with van der Waals surface area (Å²) >= 11 is 0. The second kappa shape index (κ2) is 7.36. The fourth-order valence-corrected chi connectivity index (χ4v) is 4.68. The van der Waals surface area contributed by atoms with Crippen LogP contribution in [-0.2, 0) is 16.2 Å². The molecule has 1 aromatic rings. The predicted octanol–water partition coefficient (Wildman–Crippen LogP) is 2.81. The molecule has 3 rings (SSSR count). The van der Waals surface area contributed by atoms with Crippen LogP contribution in [0.5, 0.6) is 0 Å². The number of halogens is 3. The summed E-state index contributed by atoms with van der Waals surface area (Å²) in [7, 11) is -4.44. The minimum absolute atomic E-state index is 0.326. The van der Waals surface area contributed by atoms with E-state index in [2.05, 4.69) is 4.90 Å². The van der Waals surface area contributed by atoms with E-state index in [4.69, 9.17) is 5.14 Å². The van der Waals surface area contributed by atoms with Crippen LogP contribution in [0.1, 0.15) is 37.7 Å². The van der Waals surface area contributed by atoms with Gasteiger partial charge in [0.1, 0.15) is 0 Å². The average molecular weight is 391 g/mol. The molecule has 0 amide bonds. The van der Waals surface area contributed by atoms with Gasteiger partial charge in [0.05, 0.1) is 10.5 Å². The Labute approximate surface area is 152 Å². The SMILES string of the molecule is NS(=O)(=O)c1ccc(N2CCCCC(N3CCCC3)C2)cc1C(F)(F)F. The summed E-state index contributed by atoms with van der Waals surface area (Å²) in [5.74, 6) is 0. The first-order chi connectivity index (χ1) is 12.2. The highest BCUT2D eigenvalue weighted by atomic mass is 32.2. The Bertz CT molecular complexity index is 746. The quantitative estimate of drug-likeness (QED) is 0.861. The lowest BCUT2D eigenvalue weighted by Crippen LogP contribution is -2.41. The van der Waals surface area contributed by atoms with Crippen molar-refractivity contribution in [1.82, 2.24) is 4.90 Å². The number of benzene rings is 1. The lowest BCUT2D eigenvalue weighted by atomic mass is 10.1. The van der Waals surface area contributed by atoms with Crippen LogP contribution in [-0.4, -0.2) is 45.5 Å². The second-order valence-electron chi connectivity index (χ2n) is 7.06. The van der Waals surface area contributed by atoms with Crippen molar-refractivity contribution in [1.29, 1.82) is 0 Å². The third-order valence-electron chi connectivity index (χ3n) is 5.24. The highest BCUT2D eigenvalue weighted by Crippen LogP contribution is 2.37. The van der Waals surface area contributed by atoms with Crippen molar-refractivity contribution in [2.45, 2.75) is 49.2 Å². The van der Waals surface area contributed by atoms with Crippen molar-refractivity contribution < 1.29 is 21.6 Å². The molecule has 2 saturated heterocycles. The maximum atomic E-state index is 13.4. The number of alkyl halides is 3. The molecule has 0 aliphatic carbocycles. The van der Waals surface area contributed by atoms with E-state index in [9.17, 15) is 21.6 Å². The van der Waals surface area contributed by atoms with Crippen molar-refractivity contribution in [3.8, 4) is 0 Å². The molecule has 9 heteroatoms. The number of likely N-dealkylation sites (tertiary alicyclic amines) is 1. The van der Waals surface area contributed by atoms with Gasteiger partial charge in [0.15, 0.2) is 0 Å². The van der Waals surface area contributed by atoms with Crippen LogP contribution in [0.4, 0.5) is 18.9 Å². The molecule has 1 aromatic carbocycles. The van der Waals surface area contributed by atoms with E-state index < -0.39 is 26.7 Å². The molecule has 5 nitrogen and oxygen atoms in total. The molecule has 1 unspecified atom stereocenters. The van der Waals surface area contributed by atoms with Crippen LogP contribution in [0.15, 0.2) is 23.1 Å². The first-order valence-electron chi connectivity index (χ1n) is 8.89. The Hall–Kier alpha value is -1.32. The second-order valence-corrected chi connectivity index (χ2v) is 8.59. The zero-order valence-corrected chi connectivity index (χ0v) is 15.3. The Balaban J connectivity index is 1.92. The molecule has 146 valence electrons. The van der Waals surface area contributed by atoms with Crippen molar-refractivity contribution in [3.05, 3.63) is 23.8 Å². The maximum Gasteiger partial charge on any atom is 0.417 e. The van der Waals surface area contributed by atoms with E-state index in [-0.39, 0.29) is 0 Å². The van der Waals surface area contributed by atoms with Crippen molar-refractivity contribution in [2.75, 3.05) is 31.1 Å². The molecule has 26 heavy (non-hydrogen) atoms. The minimum Gasteiger partial charge on any atom is -0.370 e. The number of hydrogen-bond acceptors (Lipinski definition) is 4. The Morgan fingerprint density at radius 2 is 1.69 bits per heavy atom. The maximum absolute atomic E-state index is 13.4. The highest BCUT2D eigenvalue weighted by molar-refractivity contribution is 7.89. The monoisotopic (exact) mass is 391 g/mol. The molecule has 2 aliphatic heterocycles. The zero-order valence-electron chi connectivity index (χ0n) is 14.5. The molecule has 0 saturated carbocycles. The number of hydrogen-bond donors (Lipinski definition) is 1. The molecule has 1 atom stereocenters. The average Bonchev–Trinajstić information content (AvgIpc) is 2.97. The number of nitrogens with zero attached hydrogens (tertiary/aromatic N) is 2. The fraction of sp³-hybridized carbons (Fsp3) is 0.647. The molecule has 2 aliphatic rings. The van der Waals surface area contributed by atoms with E-state index in [0.29, 0.717) is 24.8 Å². The molecule has 0 spiro atoms. The number of anilines is 1. The third-order valence-corrected chi connectivity index (χ3v) is 6.21. The van der Waals surface area contributed by atoms with Gasteiger partial charge >= 0.3 is 6.18 Å². The summed E-state index contributed by atoms with van der Waals surface area (Å²) in [5.41, 5.74) is -0.796. The van der Waals surface area contributed by atoms with Gasteiger partial charge in [-0.1, -0.05) is 6.42 Å². The van der Waals surface area contributed by atoms with Gasteiger partial charge in [-0.15, -0.1) is 0 Å². The normalized spacial score (nSPS) is 23.2. The standard InChI is InChI=1S/C17H24F3N3O2S/c18-17(19,20)15-11-13(6-7-16(15)26(21,24)25)23-10-2-1-5-14(12-23)22-8-3-4-9-22/h6-7,11,14H,1-5,8-10,12H2,(H2,21,24,25). The summed E-state index contributed by atoms with van der Waals surface area (Å²) in [6, 6.07) is 3.66. The number of primary sulfonamides is 1. The van der Waals surface area contributed by atoms with E-state index >= 15 is 0 Å². The van der Waals surface area contributed by atoms with E-state index in [1.54, 1.807) is 0 Å². The first kappa shape index (κ1) is 19.4. The smallest absolute Gasteiger partial charge is 0.370 e. The van der Waals surface area contributed by atoms with Crippen molar-refractivity contribution >= 4 is 15.7 Å². The minimum atomic E-state index is -4.78. The van der Waals surface area contributed by atoms with Crippen LogP contribution >= 0.6 is 0 Å². The van der Waals surface area contributed by atoms with E-state index in [1.807, 2.05) is 4.90 Å². The largest absolute Gasteiger partial charge is 0.417 e. The lowest BCUT2D eigenvalue weighted by molar-refractivity contribution is -0.139. The van der Waals surface area contributed by atoms with Gasteiger partial charge in [-0.3, -0.25) is 4.90 Å². The molecular formula is C17H24F3N3O2S. The van der Waals surface area contributed by atoms with Crippen LogP contribution in [0.2, 0.25) is 0 Å². The van der Waals surface area contributed by atoms with Gasteiger partial charge < -0.3 is 4.90 Å². The molecule has 0 radical (unpaired) electrons. The molecule has 0 aromatic heterocycles. The molecule has 0 bridgehead atoms. The first-order valence-corrected chi connectivity index (χ1v) is 10.4. The topological polar surface area (TPSA) is 66.6 Å². The summed E-state index contributed by atoms with van der Waals surface area (Å²) in [4.78, 5) is 3.49. The summed E-state index contributed by atoms with van der Waals surface area (Å²) < 4.78 is 63.2. The molecule has 2 heterocycles. The van der Waals surface area contributed by atoms with Crippen LogP contribution in [0.25, 0.3) is 0 Å². The van der Waals surface area contributed by atoms with Crippen molar-refractivity contribution in [2.24, 2.45) is 5.14 Å². The van der Waals surface area contributed by atoms with E-state index in [1.165, 1.54) is 6.07 Å². The number of nitrogens with two attached hydrogens (primary N) is 1. The van der Waals surface area contributed by atoms with Crippen molar-refractivity contribution in [3.63, 3.8) is 0 Å². The molecule has 2 N–H and O–H groups in total. The van der Waals surface area contributed by atoms with Crippen LogP contribution in [0.3, 0.4) is 0 Å². The summed E-state index contributed by atoms with van der Waals surface area (Å²) in [6.45, 7) is 3.40. The highest BCUT2D eigenvalue weighted by Gasteiger charge is 2.37. The number of rotatable bonds is 3. The lowest BCUT2D eigenvalue weighted by Gasteiger charge is -2.32. The van der Waals surface area contributed by atoms with Crippen LogP contribution < -0.4 is 10.0 Å². The van der Waals surface area contributed by atoms with E-state index in [0.717, 1.165) is 57.3 Å². The Kier molecular flexibility index (Phi) is 5.50.